The Kier molecular flexibility index (Phi) is 5.94. The molecule has 0 unspecified atom stereocenters. The molecule has 0 amide bonds. The highest BCUT2D eigenvalue weighted by Gasteiger charge is 2.07. The summed E-state index contributed by atoms with van der Waals surface area (Å²) in [5.74, 6) is 0.680. The van der Waals surface area contributed by atoms with Crippen LogP contribution in [0, 0.1) is 6.92 Å². The van der Waals surface area contributed by atoms with Crippen LogP contribution in [0.3, 0.4) is 0 Å². The lowest BCUT2D eigenvalue weighted by Gasteiger charge is -2.18. The maximum atomic E-state index is 5.71. The van der Waals surface area contributed by atoms with Crippen LogP contribution in [0.1, 0.15) is 25.0 Å². The molecule has 1 aromatic heterocycles. The summed E-state index contributed by atoms with van der Waals surface area (Å²) >= 11 is 0. The SMILES string of the molecule is CCN(CC)CCOc1nccc(C)c1CN. The molecule has 0 atom stereocenters. The molecule has 0 aliphatic rings. The van der Waals surface area contributed by atoms with Crippen molar-refractivity contribution in [3.63, 3.8) is 0 Å². The van der Waals surface area contributed by atoms with Gasteiger partial charge in [0.25, 0.3) is 0 Å². The Bertz CT molecular complexity index is 337. The molecule has 0 aromatic carbocycles. The molecular weight excluding hydrogens is 214 g/mol. The first-order chi connectivity index (χ1) is 8.22. The van der Waals surface area contributed by atoms with E-state index in [9.17, 15) is 0 Å². The Morgan fingerprint density at radius 1 is 1.35 bits per heavy atom. The largest absolute Gasteiger partial charge is 0.476 e. The molecular formula is C13H23N3O. The normalized spacial score (nSPS) is 10.9. The lowest BCUT2D eigenvalue weighted by molar-refractivity contribution is 0.216. The lowest BCUT2D eigenvalue weighted by Crippen LogP contribution is -2.28. The fourth-order valence-electron chi connectivity index (χ4n) is 1.75. The van der Waals surface area contributed by atoms with Crippen LogP contribution in [0.15, 0.2) is 12.3 Å². The van der Waals surface area contributed by atoms with Gasteiger partial charge in [-0.05, 0) is 31.6 Å². The molecule has 4 nitrogen and oxygen atoms in total. The minimum absolute atomic E-state index is 0.472. The summed E-state index contributed by atoms with van der Waals surface area (Å²) in [7, 11) is 0. The van der Waals surface area contributed by atoms with Crippen LogP contribution < -0.4 is 10.5 Å². The van der Waals surface area contributed by atoms with Crippen LogP contribution in [0.25, 0.3) is 0 Å². The summed E-state index contributed by atoms with van der Waals surface area (Å²) in [6, 6.07) is 1.96. The van der Waals surface area contributed by atoms with Crippen molar-refractivity contribution in [2.45, 2.75) is 27.3 Å². The third-order valence-electron chi connectivity index (χ3n) is 3.00. The Hall–Kier alpha value is -1.13. The van der Waals surface area contributed by atoms with Crippen molar-refractivity contribution >= 4 is 0 Å². The molecule has 0 fully saturated rings. The number of nitrogens with two attached hydrogens (primary N) is 1. The summed E-state index contributed by atoms with van der Waals surface area (Å²) in [5.41, 5.74) is 7.85. The molecule has 0 aliphatic carbocycles. The van der Waals surface area contributed by atoms with Crippen LogP contribution >= 0.6 is 0 Å². The molecule has 0 aliphatic heterocycles. The van der Waals surface area contributed by atoms with Crippen LogP contribution in [0.4, 0.5) is 0 Å². The maximum Gasteiger partial charge on any atom is 0.218 e. The zero-order chi connectivity index (χ0) is 12.7. The zero-order valence-corrected chi connectivity index (χ0v) is 11.1. The lowest BCUT2D eigenvalue weighted by atomic mass is 10.1. The summed E-state index contributed by atoms with van der Waals surface area (Å²) in [6.45, 7) is 10.5. The first-order valence-electron chi connectivity index (χ1n) is 6.22. The third kappa shape index (κ3) is 3.98. The molecule has 1 aromatic rings. The third-order valence-corrected chi connectivity index (χ3v) is 3.00. The minimum atomic E-state index is 0.472. The molecule has 0 saturated carbocycles. The minimum Gasteiger partial charge on any atom is -0.476 e. The van der Waals surface area contributed by atoms with Gasteiger partial charge in [0, 0.05) is 24.8 Å². The summed E-state index contributed by atoms with van der Waals surface area (Å²) in [6.07, 6.45) is 1.77. The van der Waals surface area contributed by atoms with Gasteiger partial charge in [-0.1, -0.05) is 13.8 Å². The van der Waals surface area contributed by atoms with Gasteiger partial charge in [-0.15, -0.1) is 0 Å². The van der Waals surface area contributed by atoms with Crippen molar-refractivity contribution in [2.75, 3.05) is 26.2 Å². The molecule has 96 valence electrons. The van der Waals surface area contributed by atoms with Crippen molar-refractivity contribution in [2.24, 2.45) is 5.73 Å². The van der Waals surface area contributed by atoms with Crippen LogP contribution in [0.2, 0.25) is 0 Å². The van der Waals surface area contributed by atoms with E-state index in [-0.39, 0.29) is 0 Å². The van der Waals surface area contributed by atoms with E-state index < -0.39 is 0 Å². The predicted octanol–water partition coefficient (Wildman–Crippen LogP) is 1.57. The van der Waals surface area contributed by atoms with Crippen LogP contribution in [-0.4, -0.2) is 36.1 Å². The number of nitrogens with zero attached hydrogens (tertiary/aromatic N) is 2. The molecule has 17 heavy (non-hydrogen) atoms. The van der Waals surface area contributed by atoms with E-state index in [0.29, 0.717) is 19.0 Å². The van der Waals surface area contributed by atoms with Gasteiger partial charge in [-0.3, -0.25) is 0 Å². The summed E-state index contributed by atoms with van der Waals surface area (Å²) < 4.78 is 5.71. The van der Waals surface area contributed by atoms with Crippen LogP contribution in [0.5, 0.6) is 5.88 Å². The van der Waals surface area contributed by atoms with E-state index in [0.717, 1.165) is 30.8 Å². The van der Waals surface area contributed by atoms with Gasteiger partial charge in [0.15, 0.2) is 0 Å². The maximum absolute atomic E-state index is 5.71. The average molecular weight is 237 g/mol. The first kappa shape index (κ1) is 13.9. The number of aryl methyl sites for hydroxylation is 1. The fourth-order valence-corrected chi connectivity index (χ4v) is 1.75. The van der Waals surface area contributed by atoms with Gasteiger partial charge in [0.05, 0.1) is 0 Å². The average Bonchev–Trinajstić information content (AvgIpc) is 2.35. The van der Waals surface area contributed by atoms with E-state index in [1.54, 1.807) is 6.20 Å². The fraction of sp³-hybridized carbons (Fsp3) is 0.615. The van der Waals surface area contributed by atoms with E-state index in [2.05, 4.69) is 23.7 Å². The Morgan fingerprint density at radius 3 is 2.65 bits per heavy atom. The van der Waals surface area contributed by atoms with E-state index >= 15 is 0 Å². The number of likely N-dealkylation sites (N-methyl/N-ethyl adjacent to an activating group) is 1. The zero-order valence-electron chi connectivity index (χ0n) is 11.1. The second kappa shape index (κ2) is 7.25. The Labute approximate surface area is 104 Å². The quantitative estimate of drug-likeness (QED) is 0.782. The van der Waals surface area contributed by atoms with E-state index in [4.69, 9.17) is 10.5 Å². The van der Waals surface area contributed by atoms with Crippen molar-refractivity contribution in [1.29, 1.82) is 0 Å². The number of pyridine rings is 1. The number of rotatable bonds is 7. The molecule has 2 N–H and O–H groups in total. The number of ether oxygens (including phenoxy) is 1. The number of aromatic nitrogens is 1. The predicted molar refractivity (Wildman–Crippen MR) is 70.1 cm³/mol. The van der Waals surface area contributed by atoms with Gasteiger partial charge in [0.2, 0.25) is 5.88 Å². The van der Waals surface area contributed by atoms with Crippen molar-refractivity contribution in [3.8, 4) is 5.88 Å². The summed E-state index contributed by atoms with van der Waals surface area (Å²) in [4.78, 5) is 6.56. The molecule has 0 spiro atoms. The van der Waals surface area contributed by atoms with Gasteiger partial charge < -0.3 is 15.4 Å². The molecule has 0 bridgehead atoms. The molecule has 4 heteroatoms. The number of hydrogen-bond acceptors (Lipinski definition) is 4. The van der Waals surface area contributed by atoms with Crippen molar-refractivity contribution in [1.82, 2.24) is 9.88 Å². The standard InChI is InChI=1S/C13H23N3O/c1-4-16(5-2)8-9-17-13-12(10-14)11(3)6-7-15-13/h6-7H,4-5,8-10,14H2,1-3H3. The second-order valence-corrected chi connectivity index (χ2v) is 3.99. The summed E-state index contributed by atoms with van der Waals surface area (Å²) in [5, 5.41) is 0. The molecule has 1 heterocycles. The Balaban J connectivity index is 2.54. The highest BCUT2D eigenvalue weighted by atomic mass is 16.5. The number of hydrogen-bond donors (Lipinski definition) is 1. The highest BCUT2D eigenvalue weighted by Crippen LogP contribution is 2.17. The second-order valence-electron chi connectivity index (χ2n) is 3.99. The van der Waals surface area contributed by atoms with Gasteiger partial charge in [-0.2, -0.15) is 0 Å². The molecule has 0 radical (unpaired) electrons. The van der Waals surface area contributed by atoms with Gasteiger partial charge >= 0.3 is 0 Å². The molecule has 1 rings (SSSR count). The monoisotopic (exact) mass is 237 g/mol. The van der Waals surface area contributed by atoms with Crippen molar-refractivity contribution in [3.05, 3.63) is 23.4 Å². The van der Waals surface area contributed by atoms with Gasteiger partial charge in [-0.25, -0.2) is 4.98 Å². The smallest absolute Gasteiger partial charge is 0.218 e. The molecule has 0 saturated heterocycles. The topological polar surface area (TPSA) is 51.4 Å². The van der Waals surface area contributed by atoms with Crippen LogP contribution in [-0.2, 0) is 6.54 Å². The van der Waals surface area contributed by atoms with Crippen molar-refractivity contribution < 1.29 is 4.74 Å². The van der Waals surface area contributed by atoms with E-state index in [1.807, 2.05) is 13.0 Å². The highest BCUT2D eigenvalue weighted by molar-refractivity contribution is 5.33. The van der Waals surface area contributed by atoms with E-state index in [1.165, 1.54) is 0 Å². The van der Waals surface area contributed by atoms with Gasteiger partial charge in [0.1, 0.15) is 6.61 Å². The Morgan fingerprint density at radius 2 is 2.06 bits per heavy atom. The first-order valence-corrected chi connectivity index (χ1v) is 6.22.